The minimum Gasteiger partial charge on any atom is -0.486 e. The Morgan fingerprint density at radius 2 is 1.88 bits per heavy atom. The Balaban J connectivity index is 1.26. The number of carbonyl (C=O) groups is 3. The van der Waals surface area contributed by atoms with E-state index in [2.05, 4.69) is 20.6 Å². The average molecular weight is 441 g/mol. The monoisotopic (exact) mass is 441 g/mol. The molecular formula is C21H23N5O6. The first-order chi connectivity index (χ1) is 15.6. The van der Waals surface area contributed by atoms with Crippen LogP contribution in [0.5, 0.6) is 11.5 Å². The minimum atomic E-state index is -0.750. The van der Waals surface area contributed by atoms with E-state index in [-0.39, 0.29) is 0 Å². The summed E-state index contributed by atoms with van der Waals surface area (Å²) in [5.41, 5.74) is 0.428. The number of benzene rings is 1. The molecule has 0 bridgehead atoms. The summed E-state index contributed by atoms with van der Waals surface area (Å²) in [6, 6.07) is 5.26. The van der Waals surface area contributed by atoms with Gasteiger partial charge in [-0.2, -0.15) is 0 Å². The molecule has 4 rings (SSSR count). The average Bonchev–Trinajstić information content (AvgIpc) is 2.83. The fraction of sp³-hybridized carbons (Fsp3) is 0.381. The lowest BCUT2D eigenvalue weighted by Crippen LogP contribution is -2.47. The number of anilines is 2. The Kier molecular flexibility index (Phi) is 6.63. The second kappa shape index (κ2) is 9.94. The van der Waals surface area contributed by atoms with Crippen molar-refractivity contribution in [1.82, 2.24) is 15.3 Å². The van der Waals surface area contributed by atoms with E-state index in [0.29, 0.717) is 49.3 Å². The summed E-state index contributed by atoms with van der Waals surface area (Å²) in [6.45, 7) is 0.924. The van der Waals surface area contributed by atoms with Gasteiger partial charge in [0, 0.05) is 30.7 Å². The van der Waals surface area contributed by atoms with E-state index in [1.54, 1.807) is 41.6 Å². The molecule has 2 aliphatic heterocycles. The van der Waals surface area contributed by atoms with Crippen molar-refractivity contribution < 1.29 is 28.6 Å². The van der Waals surface area contributed by atoms with Crippen LogP contribution in [0.4, 0.5) is 16.4 Å². The predicted octanol–water partition coefficient (Wildman–Crippen LogP) is 1.50. The second-order valence-corrected chi connectivity index (χ2v) is 7.22. The Morgan fingerprint density at radius 3 is 2.69 bits per heavy atom. The predicted molar refractivity (Wildman–Crippen MR) is 113 cm³/mol. The van der Waals surface area contributed by atoms with Crippen LogP contribution in [0.15, 0.2) is 36.7 Å². The van der Waals surface area contributed by atoms with E-state index >= 15 is 0 Å². The normalized spacial score (nSPS) is 17.2. The zero-order chi connectivity index (χ0) is 22.3. The quantitative estimate of drug-likeness (QED) is 0.663. The van der Waals surface area contributed by atoms with Gasteiger partial charge in [-0.05, 0) is 37.5 Å². The van der Waals surface area contributed by atoms with E-state index in [1.165, 1.54) is 0 Å². The Bertz CT molecular complexity index is 986. The second-order valence-electron chi connectivity index (χ2n) is 7.22. The van der Waals surface area contributed by atoms with Gasteiger partial charge in [0.15, 0.2) is 18.1 Å². The number of hydrogen-bond donors (Lipinski definition) is 2. The number of urea groups is 1. The van der Waals surface area contributed by atoms with Crippen molar-refractivity contribution >= 4 is 29.5 Å². The molecule has 0 saturated carbocycles. The first-order valence-corrected chi connectivity index (χ1v) is 10.3. The number of amides is 3. The van der Waals surface area contributed by atoms with Crippen LogP contribution in [0.25, 0.3) is 0 Å². The molecule has 32 heavy (non-hydrogen) atoms. The van der Waals surface area contributed by atoms with Gasteiger partial charge in [0.05, 0.1) is 0 Å². The lowest BCUT2D eigenvalue weighted by molar-refractivity contribution is -0.150. The van der Waals surface area contributed by atoms with Gasteiger partial charge < -0.3 is 24.4 Å². The summed E-state index contributed by atoms with van der Waals surface area (Å²) >= 11 is 0. The van der Waals surface area contributed by atoms with Crippen molar-refractivity contribution in [3.63, 3.8) is 0 Å². The Labute approximate surface area is 184 Å². The van der Waals surface area contributed by atoms with Crippen molar-refractivity contribution in [3.8, 4) is 11.5 Å². The maximum atomic E-state index is 12.6. The molecule has 1 aromatic carbocycles. The first-order valence-electron chi connectivity index (χ1n) is 10.3. The molecule has 11 heteroatoms. The SMILES string of the molecule is O=C(COC(=O)C1CCCCN1c1ncccn1)NC(=O)Nc1ccc2c(c1)OCCO2. The van der Waals surface area contributed by atoms with Crippen molar-refractivity contribution in [3.05, 3.63) is 36.7 Å². The van der Waals surface area contributed by atoms with Crippen LogP contribution >= 0.6 is 0 Å². The Morgan fingerprint density at radius 1 is 1.09 bits per heavy atom. The molecule has 2 N–H and O–H groups in total. The summed E-state index contributed by atoms with van der Waals surface area (Å²) in [7, 11) is 0. The zero-order valence-electron chi connectivity index (χ0n) is 17.3. The largest absolute Gasteiger partial charge is 0.486 e. The number of hydrogen-bond acceptors (Lipinski definition) is 9. The van der Waals surface area contributed by atoms with Crippen LogP contribution in [0.1, 0.15) is 19.3 Å². The molecule has 2 aromatic rings. The highest BCUT2D eigenvalue weighted by molar-refractivity contribution is 6.02. The molecule has 1 fully saturated rings. The fourth-order valence-electron chi connectivity index (χ4n) is 3.53. The molecule has 0 radical (unpaired) electrons. The molecular weight excluding hydrogens is 418 g/mol. The lowest BCUT2D eigenvalue weighted by Gasteiger charge is -2.33. The molecule has 0 spiro atoms. The molecule has 3 amide bonds. The molecule has 0 aliphatic carbocycles. The molecule has 1 aromatic heterocycles. The maximum Gasteiger partial charge on any atom is 0.329 e. The maximum absolute atomic E-state index is 12.6. The molecule has 3 heterocycles. The lowest BCUT2D eigenvalue weighted by atomic mass is 10.0. The van der Waals surface area contributed by atoms with Gasteiger partial charge in [-0.15, -0.1) is 0 Å². The molecule has 11 nitrogen and oxygen atoms in total. The summed E-state index contributed by atoms with van der Waals surface area (Å²) < 4.78 is 16.0. The number of nitrogens with one attached hydrogen (secondary N) is 2. The highest BCUT2D eigenvalue weighted by atomic mass is 16.6. The van der Waals surface area contributed by atoms with Gasteiger partial charge in [-0.1, -0.05) is 0 Å². The number of aromatic nitrogens is 2. The fourth-order valence-corrected chi connectivity index (χ4v) is 3.53. The number of rotatable bonds is 5. The highest BCUT2D eigenvalue weighted by Gasteiger charge is 2.32. The van der Waals surface area contributed by atoms with Gasteiger partial charge in [0.1, 0.15) is 19.3 Å². The number of ether oxygens (including phenoxy) is 3. The smallest absolute Gasteiger partial charge is 0.329 e. The van der Waals surface area contributed by atoms with Gasteiger partial charge in [0.25, 0.3) is 5.91 Å². The van der Waals surface area contributed by atoms with E-state index in [1.807, 2.05) is 0 Å². The van der Waals surface area contributed by atoms with Crippen molar-refractivity contribution in [2.75, 3.05) is 36.6 Å². The number of carbonyl (C=O) groups excluding carboxylic acids is 3. The third kappa shape index (κ3) is 5.23. The van der Waals surface area contributed by atoms with Gasteiger partial charge in [0.2, 0.25) is 5.95 Å². The summed E-state index contributed by atoms with van der Waals surface area (Å²) in [6.07, 6.45) is 5.54. The summed E-state index contributed by atoms with van der Waals surface area (Å²) in [5.74, 6) is 0.236. The standard InChI is InChI=1S/C21H23N5O6/c27-18(25-21(29)24-14-5-6-16-17(12-14)31-11-10-30-16)13-32-19(28)15-4-1-2-9-26(15)20-22-7-3-8-23-20/h3,5-8,12,15H,1-2,4,9-11,13H2,(H2,24,25,27,29). The van der Waals surface area contributed by atoms with E-state index in [0.717, 1.165) is 12.8 Å². The van der Waals surface area contributed by atoms with Crippen LogP contribution in [-0.4, -0.2) is 60.3 Å². The van der Waals surface area contributed by atoms with Crippen LogP contribution < -0.4 is 25.0 Å². The van der Waals surface area contributed by atoms with E-state index < -0.39 is 30.6 Å². The van der Waals surface area contributed by atoms with E-state index in [4.69, 9.17) is 14.2 Å². The van der Waals surface area contributed by atoms with Crippen molar-refractivity contribution in [2.45, 2.75) is 25.3 Å². The number of imide groups is 1. The van der Waals surface area contributed by atoms with Crippen molar-refractivity contribution in [2.24, 2.45) is 0 Å². The summed E-state index contributed by atoms with van der Waals surface area (Å²) in [5, 5.41) is 4.66. The van der Waals surface area contributed by atoms with Gasteiger partial charge in [-0.3, -0.25) is 10.1 Å². The molecule has 1 saturated heterocycles. The van der Waals surface area contributed by atoms with Crippen molar-refractivity contribution in [1.29, 1.82) is 0 Å². The number of nitrogens with zero attached hydrogens (tertiary/aromatic N) is 3. The highest BCUT2D eigenvalue weighted by Crippen LogP contribution is 2.32. The van der Waals surface area contributed by atoms with Crippen LogP contribution in [-0.2, 0) is 14.3 Å². The zero-order valence-corrected chi connectivity index (χ0v) is 17.3. The topological polar surface area (TPSA) is 132 Å². The minimum absolute atomic E-state index is 0.418. The summed E-state index contributed by atoms with van der Waals surface area (Å²) in [4.78, 5) is 46.9. The third-order valence-corrected chi connectivity index (χ3v) is 4.98. The third-order valence-electron chi connectivity index (χ3n) is 4.98. The van der Waals surface area contributed by atoms with E-state index in [9.17, 15) is 14.4 Å². The van der Waals surface area contributed by atoms with Gasteiger partial charge in [-0.25, -0.2) is 19.6 Å². The van der Waals surface area contributed by atoms with Crippen LogP contribution in [0, 0.1) is 0 Å². The van der Waals surface area contributed by atoms with Gasteiger partial charge >= 0.3 is 12.0 Å². The number of fused-ring (bicyclic) bond motifs is 1. The molecule has 168 valence electrons. The molecule has 1 atom stereocenters. The number of piperidine rings is 1. The molecule has 1 unspecified atom stereocenters. The number of esters is 1. The van der Waals surface area contributed by atoms with Crippen LogP contribution in [0.2, 0.25) is 0 Å². The first kappa shape index (κ1) is 21.3. The Hall–Kier alpha value is -3.89. The molecule has 2 aliphatic rings. The van der Waals surface area contributed by atoms with Crippen LogP contribution in [0.3, 0.4) is 0 Å².